The number of aromatic nitrogens is 2. The largest absolute Gasteiger partial charge is 1.00 e. The molecule has 1 aromatic carbocycles. The SMILES string of the molecule is CC[n+]1c(C)n(C)c2cc(N)ccc21.[I-]. The predicted octanol–water partition coefficient (Wildman–Crippen LogP) is -1.62. The molecule has 0 saturated carbocycles. The summed E-state index contributed by atoms with van der Waals surface area (Å²) >= 11 is 0. The zero-order valence-electron chi connectivity index (χ0n) is 9.29. The Morgan fingerprint density at radius 1 is 1.40 bits per heavy atom. The van der Waals surface area contributed by atoms with Crippen LogP contribution in [0.15, 0.2) is 18.2 Å². The number of anilines is 1. The Morgan fingerprint density at radius 3 is 2.67 bits per heavy atom. The zero-order chi connectivity index (χ0) is 10.3. The molecule has 0 unspecified atom stereocenters. The summed E-state index contributed by atoms with van der Waals surface area (Å²) < 4.78 is 4.46. The number of hydrogen-bond acceptors (Lipinski definition) is 1. The van der Waals surface area contributed by atoms with Gasteiger partial charge in [-0.3, -0.25) is 0 Å². The molecule has 0 aliphatic rings. The summed E-state index contributed by atoms with van der Waals surface area (Å²) in [6, 6.07) is 6.06. The number of nitrogen functional groups attached to an aromatic ring is 1. The van der Waals surface area contributed by atoms with Crippen molar-refractivity contribution in [3.63, 3.8) is 0 Å². The van der Waals surface area contributed by atoms with Crippen LogP contribution in [0.2, 0.25) is 0 Å². The smallest absolute Gasteiger partial charge is 0.253 e. The van der Waals surface area contributed by atoms with Crippen LogP contribution in [0.4, 0.5) is 5.69 Å². The van der Waals surface area contributed by atoms with E-state index in [9.17, 15) is 0 Å². The van der Waals surface area contributed by atoms with Crippen LogP contribution in [0.3, 0.4) is 0 Å². The standard InChI is InChI=1S/C11H16N3.HI/c1-4-14-8(2)13(3)11-7-9(12)5-6-10(11)14;/h5-7H,4,12H2,1-3H3;1H/q+1;/p-1. The third kappa shape index (κ3) is 1.82. The summed E-state index contributed by atoms with van der Waals surface area (Å²) in [4.78, 5) is 0. The molecule has 0 saturated heterocycles. The van der Waals surface area contributed by atoms with Crippen LogP contribution in [0, 0.1) is 6.92 Å². The lowest BCUT2D eigenvalue weighted by atomic mass is 10.3. The highest BCUT2D eigenvalue weighted by atomic mass is 127. The molecule has 3 nitrogen and oxygen atoms in total. The second kappa shape index (κ2) is 4.38. The van der Waals surface area contributed by atoms with Crippen LogP contribution in [-0.2, 0) is 13.6 Å². The molecular weight excluding hydrogens is 301 g/mol. The van der Waals surface area contributed by atoms with Gasteiger partial charge in [0.1, 0.15) is 0 Å². The van der Waals surface area contributed by atoms with Crippen molar-refractivity contribution >= 4 is 16.7 Å². The van der Waals surface area contributed by atoms with Crippen molar-refractivity contribution in [3.05, 3.63) is 24.0 Å². The first-order valence-electron chi connectivity index (χ1n) is 4.89. The van der Waals surface area contributed by atoms with Crippen molar-refractivity contribution in [2.24, 2.45) is 7.05 Å². The van der Waals surface area contributed by atoms with Crippen molar-refractivity contribution < 1.29 is 28.5 Å². The number of nitrogens with two attached hydrogens (primary N) is 1. The quantitative estimate of drug-likeness (QED) is 0.383. The minimum atomic E-state index is 0. The van der Waals surface area contributed by atoms with E-state index >= 15 is 0 Å². The van der Waals surface area contributed by atoms with Gasteiger partial charge in [-0.1, -0.05) is 0 Å². The molecule has 2 aromatic rings. The number of rotatable bonds is 1. The Morgan fingerprint density at radius 2 is 2.07 bits per heavy atom. The third-order valence-electron chi connectivity index (χ3n) is 2.84. The first-order valence-corrected chi connectivity index (χ1v) is 4.89. The monoisotopic (exact) mass is 317 g/mol. The molecule has 0 radical (unpaired) electrons. The minimum Gasteiger partial charge on any atom is -1.00 e. The first kappa shape index (κ1) is 12.3. The van der Waals surface area contributed by atoms with E-state index in [0.29, 0.717) is 0 Å². The molecule has 4 heteroatoms. The normalized spacial score (nSPS) is 10.3. The summed E-state index contributed by atoms with van der Waals surface area (Å²) in [5, 5.41) is 0. The fraction of sp³-hybridized carbons (Fsp3) is 0.364. The summed E-state index contributed by atoms with van der Waals surface area (Å²) in [6.07, 6.45) is 0. The van der Waals surface area contributed by atoms with Crippen LogP contribution in [0.1, 0.15) is 12.7 Å². The number of hydrogen-bond donors (Lipinski definition) is 1. The van der Waals surface area contributed by atoms with E-state index in [1.54, 1.807) is 0 Å². The molecule has 2 N–H and O–H groups in total. The maximum absolute atomic E-state index is 5.77. The average molecular weight is 317 g/mol. The van der Waals surface area contributed by atoms with Crippen molar-refractivity contribution in [3.8, 4) is 0 Å². The van der Waals surface area contributed by atoms with Gasteiger partial charge in [0.15, 0.2) is 11.0 Å². The van der Waals surface area contributed by atoms with Gasteiger partial charge in [0.25, 0.3) is 5.82 Å². The topological polar surface area (TPSA) is 34.8 Å². The van der Waals surface area contributed by atoms with E-state index in [1.165, 1.54) is 16.9 Å². The van der Waals surface area contributed by atoms with E-state index < -0.39 is 0 Å². The number of nitrogens with zero attached hydrogens (tertiary/aromatic N) is 2. The Balaban J connectivity index is 0.00000112. The second-order valence-corrected chi connectivity index (χ2v) is 3.60. The number of halogens is 1. The molecule has 15 heavy (non-hydrogen) atoms. The molecule has 0 aliphatic heterocycles. The maximum Gasteiger partial charge on any atom is 0.253 e. The Kier molecular flexibility index (Phi) is 3.59. The highest BCUT2D eigenvalue weighted by Gasteiger charge is 2.17. The van der Waals surface area contributed by atoms with E-state index in [1.807, 2.05) is 12.1 Å². The molecule has 0 bridgehead atoms. The molecular formula is C11H16IN3. The van der Waals surface area contributed by atoms with Crippen molar-refractivity contribution in [2.45, 2.75) is 20.4 Å². The van der Waals surface area contributed by atoms with Gasteiger partial charge < -0.3 is 29.7 Å². The van der Waals surface area contributed by atoms with Crippen LogP contribution in [0.5, 0.6) is 0 Å². The Hall–Kier alpha value is -0.780. The summed E-state index contributed by atoms with van der Waals surface area (Å²) in [7, 11) is 2.07. The maximum atomic E-state index is 5.77. The van der Waals surface area contributed by atoms with E-state index in [2.05, 4.69) is 36.1 Å². The van der Waals surface area contributed by atoms with Crippen molar-refractivity contribution in [1.82, 2.24) is 4.57 Å². The minimum absolute atomic E-state index is 0. The molecule has 82 valence electrons. The van der Waals surface area contributed by atoms with E-state index in [0.717, 1.165) is 12.2 Å². The Labute approximate surface area is 107 Å². The lowest BCUT2D eigenvalue weighted by Crippen LogP contribution is -3.00. The number of fused-ring (bicyclic) bond motifs is 1. The summed E-state index contributed by atoms with van der Waals surface area (Å²) in [5.74, 6) is 1.26. The zero-order valence-corrected chi connectivity index (χ0v) is 11.4. The second-order valence-electron chi connectivity index (χ2n) is 3.60. The molecule has 0 spiro atoms. The Bertz CT molecular complexity index is 488. The van der Waals surface area contributed by atoms with E-state index in [-0.39, 0.29) is 24.0 Å². The van der Waals surface area contributed by atoms with Gasteiger partial charge in [0.2, 0.25) is 0 Å². The molecule has 1 heterocycles. The van der Waals surface area contributed by atoms with Crippen LogP contribution >= 0.6 is 0 Å². The molecule has 0 fully saturated rings. The predicted molar refractivity (Wildman–Crippen MR) is 57.9 cm³/mol. The van der Waals surface area contributed by atoms with Crippen LogP contribution in [0.25, 0.3) is 11.0 Å². The van der Waals surface area contributed by atoms with E-state index in [4.69, 9.17) is 5.73 Å². The van der Waals surface area contributed by atoms with Gasteiger partial charge in [-0.05, 0) is 19.1 Å². The number of benzene rings is 1. The van der Waals surface area contributed by atoms with Crippen molar-refractivity contribution in [2.75, 3.05) is 5.73 Å². The molecule has 1 aromatic heterocycles. The van der Waals surface area contributed by atoms with Gasteiger partial charge >= 0.3 is 0 Å². The number of aryl methyl sites for hydroxylation is 2. The van der Waals surface area contributed by atoms with Crippen LogP contribution < -0.4 is 34.3 Å². The molecule has 2 rings (SSSR count). The highest BCUT2D eigenvalue weighted by molar-refractivity contribution is 5.76. The fourth-order valence-electron chi connectivity index (χ4n) is 1.97. The van der Waals surface area contributed by atoms with Gasteiger partial charge in [-0.2, -0.15) is 0 Å². The average Bonchev–Trinajstić information content (AvgIpc) is 2.41. The van der Waals surface area contributed by atoms with Crippen LogP contribution in [-0.4, -0.2) is 4.57 Å². The highest BCUT2D eigenvalue weighted by Crippen LogP contribution is 2.16. The molecule has 0 atom stereocenters. The van der Waals surface area contributed by atoms with Gasteiger partial charge in [0.05, 0.1) is 13.6 Å². The van der Waals surface area contributed by atoms with Crippen molar-refractivity contribution in [1.29, 1.82) is 0 Å². The number of imidazole rings is 1. The molecule has 0 amide bonds. The van der Waals surface area contributed by atoms with Gasteiger partial charge in [-0.25, -0.2) is 9.13 Å². The summed E-state index contributed by atoms with van der Waals surface area (Å²) in [5.41, 5.74) is 9.04. The molecule has 0 aliphatic carbocycles. The first-order chi connectivity index (χ1) is 6.65. The van der Waals surface area contributed by atoms with Gasteiger partial charge in [0, 0.05) is 18.7 Å². The fourth-order valence-corrected chi connectivity index (χ4v) is 1.97. The van der Waals surface area contributed by atoms with Gasteiger partial charge in [-0.15, -0.1) is 0 Å². The third-order valence-corrected chi connectivity index (χ3v) is 2.84. The lowest BCUT2D eigenvalue weighted by Gasteiger charge is -1.93. The summed E-state index contributed by atoms with van der Waals surface area (Å²) in [6.45, 7) is 5.27. The lowest BCUT2D eigenvalue weighted by molar-refractivity contribution is -0.674.